The highest BCUT2D eigenvalue weighted by Crippen LogP contribution is 2.46. The van der Waals surface area contributed by atoms with Crippen molar-refractivity contribution in [2.75, 3.05) is 26.6 Å². The quantitative estimate of drug-likeness (QED) is 0.869. The Morgan fingerprint density at radius 3 is 2.36 bits per heavy atom. The van der Waals surface area contributed by atoms with Gasteiger partial charge in [0.1, 0.15) is 11.5 Å². The Bertz CT molecular complexity index is 870. The lowest BCUT2D eigenvalue weighted by Crippen LogP contribution is -2.22. The maximum Gasteiger partial charge on any atom is 0.223 e. The number of benzene rings is 1. The second-order valence-electron chi connectivity index (χ2n) is 5.40. The van der Waals surface area contributed by atoms with Gasteiger partial charge in [-0.3, -0.25) is 0 Å². The first-order valence-electron chi connectivity index (χ1n) is 7.48. The van der Waals surface area contributed by atoms with Gasteiger partial charge < -0.3 is 29.7 Å². The Morgan fingerprint density at radius 1 is 1.20 bits per heavy atom. The van der Waals surface area contributed by atoms with Crippen molar-refractivity contribution in [3.63, 3.8) is 0 Å². The van der Waals surface area contributed by atoms with Crippen molar-refractivity contribution in [1.29, 1.82) is 5.26 Å². The summed E-state index contributed by atoms with van der Waals surface area (Å²) in [6.45, 7) is 1.73. The summed E-state index contributed by atoms with van der Waals surface area (Å²) in [5.74, 6) is 2.04. The molecule has 25 heavy (non-hydrogen) atoms. The zero-order valence-electron chi connectivity index (χ0n) is 14.3. The fourth-order valence-electron chi connectivity index (χ4n) is 2.93. The van der Waals surface area contributed by atoms with E-state index in [0.717, 1.165) is 5.56 Å². The monoisotopic (exact) mass is 342 g/mol. The molecule has 0 saturated carbocycles. The molecule has 0 saturated heterocycles. The number of nitrogens with one attached hydrogen (secondary N) is 1. The van der Waals surface area contributed by atoms with Gasteiger partial charge in [0.15, 0.2) is 17.4 Å². The molecular formula is C17H18N4O4. The zero-order chi connectivity index (χ0) is 18.1. The second-order valence-corrected chi connectivity index (χ2v) is 5.40. The van der Waals surface area contributed by atoms with Gasteiger partial charge in [-0.1, -0.05) is 0 Å². The van der Waals surface area contributed by atoms with Crippen LogP contribution in [-0.2, 0) is 0 Å². The van der Waals surface area contributed by atoms with Gasteiger partial charge in [0, 0.05) is 6.92 Å². The first-order chi connectivity index (χ1) is 12.0. The molecule has 0 fully saturated rings. The number of nitrogens with zero attached hydrogens (tertiary/aromatic N) is 2. The molecule has 0 radical (unpaired) electrons. The minimum atomic E-state index is -0.507. The molecule has 2 aromatic rings. The molecule has 0 amide bonds. The van der Waals surface area contributed by atoms with E-state index in [1.807, 2.05) is 0 Å². The van der Waals surface area contributed by atoms with E-state index in [-0.39, 0.29) is 5.82 Å². The smallest absolute Gasteiger partial charge is 0.223 e. The van der Waals surface area contributed by atoms with Crippen LogP contribution in [0.25, 0.3) is 0 Å². The van der Waals surface area contributed by atoms with Crippen LogP contribution in [0.15, 0.2) is 27.9 Å². The average molecular weight is 342 g/mol. The first kappa shape index (κ1) is 16.5. The van der Waals surface area contributed by atoms with Crippen molar-refractivity contribution in [2.24, 2.45) is 5.73 Å². The van der Waals surface area contributed by atoms with Gasteiger partial charge in [0.2, 0.25) is 11.6 Å². The summed E-state index contributed by atoms with van der Waals surface area (Å²) in [6, 6.07) is 5.70. The highest BCUT2D eigenvalue weighted by Gasteiger charge is 2.34. The number of aryl methyl sites for hydroxylation is 1. The van der Waals surface area contributed by atoms with Crippen LogP contribution >= 0.6 is 0 Å². The SMILES string of the molecule is COc1cc(C2C(C#N)=C(N)Nc3oc(C)nc32)cc(OC)c1OC. The minimum Gasteiger partial charge on any atom is -0.493 e. The van der Waals surface area contributed by atoms with Crippen molar-refractivity contribution in [2.45, 2.75) is 12.8 Å². The third kappa shape index (κ3) is 2.59. The Balaban J connectivity index is 2.25. The number of nitrogens with two attached hydrogens (primary N) is 1. The molecule has 2 heterocycles. The molecule has 3 N–H and O–H groups in total. The van der Waals surface area contributed by atoms with Crippen LogP contribution in [-0.4, -0.2) is 26.3 Å². The zero-order valence-corrected chi connectivity index (χ0v) is 14.3. The topological polar surface area (TPSA) is 116 Å². The maximum absolute atomic E-state index is 9.61. The molecule has 1 aliphatic heterocycles. The maximum atomic E-state index is 9.61. The van der Waals surface area contributed by atoms with Crippen LogP contribution in [0.1, 0.15) is 23.1 Å². The van der Waals surface area contributed by atoms with Gasteiger partial charge in [-0.25, -0.2) is 4.98 Å². The predicted molar refractivity (Wildman–Crippen MR) is 89.6 cm³/mol. The van der Waals surface area contributed by atoms with Gasteiger partial charge in [-0.05, 0) is 17.7 Å². The molecule has 1 unspecified atom stereocenters. The van der Waals surface area contributed by atoms with Crippen molar-refractivity contribution in [1.82, 2.24) is 4.98 Å². The third-order valence-corrected chi connectivity index (χ3v) is 4.00. The summed E-state index contributed by atoms with van der Waals surface area (Å²) in [4.78, 5) is 4.41. The minimum absolute atomic E-state index is 0.227. The van der Waals surface area contributed by atoms with Crippen molar-refractivity contribution in [3.05, 3.63) is 40.7 Å². The molecule has 130 valence electrons. The molecule has 3 rings (SSSR count). The van der Waals surface area contributed by atoms with Gasteiger partial charge in [0.05, 0.1) is 38.9 Å². The number of aromatic nitrogens is 1. The van der Waals surface area contributed by atoms with E-state index in [4.69, 9.17) is 24.4 Å². The number of ether oxygens (including phenoxy) is 3. The molecule has 0 bridgehead atoms. The number of nitriles is 1. The van der Waals surface area contributed by atoms with Crippen molar-refractivity contribution in [3.8, 4) is 23.3 Å². The molecule has 1 aromatic heterocycles. The summed E-state index contributed by atoms with van der Waals surface area (Å²) in [7, 11) is 4.59. The highest BCUT2D eigenvalue weighted by atomic mass is 16.5. The fraction of sp³-hybridized carbons (Fsp3) is 0.294. The molecule has 1 aliphatic rings. The lowest BCUT2D eigenvalue weighted by molar-refractivity contribution is 0.323. The predicted octanol–water partition coefficient (Wildman–Crippen LogP) is 2.26. The van der Waals surface area contributed by atoms with E-state index in [9.17, 15) is 5.26 Å². The Labute approximate surface area is 144 Å². The Kier molecular flexibility index (Phi) is 4.15. The standard InChI is InChI=1S/C17H18N4O4/c1-8-20-14-13(10(7-18)16(19)21-17(14)25-8)9-5-11(22-2)15(24-4)12(6-9)23-3/h5-6,13,21H,19H2,1-4H3. The van der Waals surface area contributed by atoms with E-state index in [0.29, 0.717) is 40.3 Å². The normalized spacial score (nSPS) is 15.9. The van der Waals surface area contributed by atoms with Crippen molar-refractivity contribution >= 4 is 5.88 Å². The number of methoxy groups -OCH3 is 3. The van der Waals surface area contributed by atoms with E-state index in [2.05, 4.69) is 16.4 Å². The highest BCUT2D eigenvalue weighted by molar-refractivity contribution is 5.64. The van der Waals surface area contributed by atoms with Gasteiger partial charge in [0.25, 0.3) is 0 Å². The molecule has 1 aromatic carbocycles. The van der Waals surface area contributed by atoms with Crippen LogP contribution in [0.3, 0.4) is 0 Å². The number of anilines is 1. The van der Waals surface area contributed by atoms with Gasteiger partial charge in [-0.15, -0.1) is 0 Å². The molecule has 8 heteroatoms. The largest absolute Gasteiger partial charge is 0.493 e. The van der Waals surface area contributed by atoms with Gasteiger partial charge >= 0.3 is 0 Å². The van der Waals surface area contributed by atoms with Gasteiger partial charge in [-0.2, -0.15) is 5.26 Å². The molecule has 1 atom stereocenters. The number of hydrogen-bond donors (Lipinski definition) is 2. The fourth-order valence-corrected chi connectivity index (χ4v) is 2.93. The number of rotatable bonds is 4. The molecular weight excluding hydrogens is 324 g/mol. The number of hydrogen-bond acceptors (Lipinski definition) is 8. The molecule has 0 spiro atoms. The third-order valence-electron chi connectivity index (χ3n) is 4.00. The number of oxazole rings is 1. The van der Waals surface area contributed by atoms with E-state index < -0.39 is 5.92 Å². The summed E-state index contributed by atoms with van der Waals surface area (Å²) >= 11 is 0. The summed E-state index contributed by atoms with van der Waals surface area (Å²) < 4.78 is 21.7. The van der Waals surface area contributed by atoms with E-state index >= 15 is 0 Å². The lowest BCUT2D eigenvalue weighted by atomic mass is 9.86. The number of allylic oxidation sites excluding steroid dienone is 1. The summed E-state index contributed by atoms with van der Waals surface area (Å²) in [5, 5.41) is 12.5. The van der Waals surface area contributed by atoms with Crippen LogP contribution in [0.4, 0.5) is 5.88 Å². The van der Waals surface area contributed by atoms with E-state index in [1.165, 1.54) is 21.3 Å². The Morgan fingerprint density at radius 2 is 1.84 bits per heavy atom. The van der Waals surface area contributed by atoms with Crippen LogP contribution in [0.2, 0.25) is 0 Å². The molecule has 0 aliphatic carbocycles. The lowest BCUT2D eigenvalue weighted by Gasteiger charge is -2.24. The van der Waals surface area contributed by atoms with Crippen LogP contribution in [0, 0.1) is 18.3 Å². The summed E-state index contributed by atoms with van der Waals surface area (Å²) in [5.41, 5.74) is 7.66. The molecule has 8 nitrogen and oxygen atoms in total. The Hall–Kier alpha value is -3.34. The van der Waals surface area contributed by atoms with Crippen LogP contribution < -0.4 is 25.3 Å². The van der Waals surface area contributed by atoms with Crippen molar-refractivity contribution < 1.29 is 18.6 Å². The van der Waals surface area contributed by atoms with Crippen LogP contribution in [0.5, 0.6) is 17.2 Å². The van der Waals surface area contributed by atoms with E-state index in [1.54, 1.807) is 19.1 Å². The second kappa shape index (κ2) is 6.28. The number of fused-ring (bicyclic) bond motifs is 1. The summed E-state index contributed by atoms with van der Waals surface area (Å²) in [6.07, 6.45) is 0. The first-order valence-corrected chi connectivity index (χ1v) is 7.48. The average Bonchev–Trinajstić information content (AvgIpc) is 2.98.